The molecule has 2 N–H and O–H groups in total. The first-order valence-corrected chi connectivity index (χ1v) is 6.73. The number of H-pyrrole nitrogens is 1. The Bertz CT molecular complexity index is 553. The van der Waals surface area contributed by atoms with E-state index in [9.17, 15) is 0 Å². The van der Waals surface area contributed by atoms with Gasteiger partial charge in [-0.1, -0.05) is 13.0 Å². The average molecular weight is 244 g/mol. The predicted octanol–water partition coefficient (Wildman–Crippen LogP) is 2.70. The largest absolute Gasteiger partial charge is 0.369 e. The van der Waals surface area contributed by atoms with Crippen LogP contribution in [-0.4, -0.2) is 24.7 Å². The van der Waals surface area contributed by atoms with Crippen molar-refractivity contribution >= 4 is 10.9 Å². The second-order valence-corrected chi connectivity index (χ2v) is 4.96. The van der Waals surface area contributed by atoms with Gasteiger partial charge in [0, 0.05) is 29.7 Å². The zero-order valence-electron chi connectivity index (χ0n) is 11.0. The third kappa shape index (κ3) is 1.93. The molecule has 1 aliphatic rings. The van der Waals surface area contributed by atoms with Crippen LogP contribution in [0.4, 0.5) is 0 Å². The number of nitrogens with one attached hydrogen (secondary N) is 2. The summed E-state index contributed by atoms with van der Waals surface area (Å²) in [7, 11) is 0. The Hall–Kier alpha value is -1.32. The summed E-state index contributed by atoms with van der Waals surface area (Å²) >= 11 is 0. The van der Waals surface area contributed by atoms with Gasteiger partial charge in [0.25, 0.3) is 0 Å². The number of hydrogen-bond donors (Lipinski definition) is 2. The molecule has 1 fully saturated rings. The van der Waals surface area contributed by atoms with Crippen molar-refractivity contribution < 1.29 is 4.74 Å². The van der Waals surface area contributed by atoms with Crippen LogP contribution in [0.25, 0.3) is 10.9 Å². The summed E-state index contributed by atoms with van der Waals surface area (Å²) in [6.07, 6.45) is 1.24. The molecule has 3 rings (SSSR count). The van der Waals surface area contributed by atoms with Crippen molar-refractivity contribution in [3.05, 3.63) is 35.0 Å². The van der Waals surface area contributed by atoms with Crippen molar-refractivity contribution in [2.75, 3.05) is 19.7 Å². The minimum absolute atomic E-state index is 0.163. The van der Waals surface area contributed by atoms with Gasteiger partial charge in [-0.2, -0.15) is 0 Å². The van der Waals surface area contributed by atoms with Crippen molar-refractivity contribution in [1.29, 1.82) is 0 Å². The Morgan fingerprint density at radius 3 is 3.00 bits per heavy atom. The Kier molecular flexibility index (Phi) is 3.10. The molecule has 0 amide bonds. The third-order valence-corrected chi connectivity index (χ3v) is 3.82. The van der Waals surface area contributed by atoms with E-state index in [1.54, 1.807) is 0 Å². The molecule has 1 aliphatic heterocycles. The first kappa shape index (κ1) is 11.8. The molecule has 0 aliphatic carbocycles. The van der Waals surface area contributed by atoms with E-state index in [2.05, 4.69) is 42.3 Å². The highest BCUT2D eigenvalue weighted by Crippen LogP contribution is 2.29. The van der Waals surface area contributed by atoms with Gasteiger partial charge in [0.05, 0.1) is 6.61 Å². The Morgan fingerprint density at radius 1 is 1.39 bits per heavy atom. The van der Waals surface area contributed by atoms with E-state index in [1.165, 1.54) is 27.7 Å². The topological polar surface area (TPSA) is 37.0 Å². The van der Waals surface area contributed by atoms with Crippen molar-refractivity contribution in [2.24, 2.45) is 0 Å². The quantitative estimate of drug-likeness (QED) is 0.852. The van der Waals surface area contributed by atoms with Crippen LogP contribution in [0.5, 0.6) is 0 Å². The monoisotopic (exact) mass is 244 g/mol. The van der Waals surface area contributed by atoms with Crippen molar-refractivity contribution in [1.82, 2.24) is 10.3 Å². The van der Waals surface area contributed by atoms with Gasteiger partial charge in [-0.3, -0.25) is 0 Å². The van der Waals surface area contributed by atoms with Gasteiger partial charge in [0.2, 0.25) is 0 Å². The molecule has 3 heteroatoms. The van der Waals surface area contributed by atoms with Crippen molar-refractivity contribution in [3.8, 4) is 0 Å². The van der Waals surface area contributed by atoms with Crippen LogP contribution in [0.15, 0.2) is 18.2 Å². The molecular weight excluding hydrogens is 224 g/mol. The van der Waals surface area contributed by atoms with Crippen LogP contribution in [0.3, 0.4) is 0 Å². The number of rotatable bonds is 2. The molecule has 0 spiro atoms. The highest BCUT2D eigenvalue weighted by Gasteiger charge is 2.20. The highest BCUT2D eigenvalue weighted by atomic mass is 16.5. The van der Waals surface area contributed by atoms with Crippen LogP contribution >= 0.6 is 0 Å². The summed E-state index contributed by atoms with van der Waals surface area (Å²) < 4.78 is 5.84. The minimum atomic E-state index is 0.163. The fourth-order valence-corrected chi connectivity index (χ4v) is 2.69. The van der Waals surface area contributed by atoms with Crippen molar-refractivity contribution in [2.45, 2.75) is 26.4 Å². The van der Waals surface area contributed by atoms with Crippen LogP contribution in [0.2, 0.25) is 0 Å². The van der Waals surface area contributed by atoms with E-state index in [0.29, 0.717) is 0 Å². The number of ether oxygens (including phenoxy) is 1. The highest BCUT2D eigenvalue weighted by molar-refractivity contribution is 5.85. The molecule has 18 heavy (non-hydrogen) atoms. The predicted molar refractivity (Wildman–Crippen MR) is 74.0 cm³/mol. The normalized spacial score (nSPS) is 20.4. The zero-order valence-corrected chi connectivity index (χ0v) is 11.0. The van der Waals surface area contributed by atoms with Crippen LogP contribution < -0.4 is 5.32 Å². The smallest absolute Gasteiger partial charge is 0.110 e. The number of aromatic amines is 1. The van der Waals surface area contributed by atoms with E-state index in [0.717, 1.165) is 26.1 Å². The van der Waals surface area contributed by atoms with E-state index >= 15 is 0 Å². The number of hydrogen-bond acceptors (Lipinski definition) is 2. The van der Waals surface area contributed by atoms with Gasteiger partial charge in [-0.25, -0.2) is 0 Å². The fraction of sp³-hybridized carbons (Fsp3) is 0.467. The van der Waals surface area contributed by atoms with E-state index < -0.39 is 0 Å². The number of aryl methyl sites for hydroxylation is 2. The Labute approximate surface area is 108 Å². The molecule has 3 nitrogen and oxygen atoms in total. The fourth-order valence-electron chi connectivity index (χ4n) is 2.69. The second-order valence-electron chi connectivity index (χ2n) is 4.96. The summed E-state index contributed by atoms with van der Waals surface area (Å²) in [5, 5.41) is 4.71. The maximum absolute atomic E-state index is 5.84. The van der Waals surface area contributed by atoms with Gasteiger partial charge in [0.15, 0.2) is 0 Å². The molecule has 1 unspecified atom stereocenters. The molecule has 0 radical (unpaired) electrons. The number of benzene rings is 1. The van der Waals surface area contributed by atoms with Crippen LogP contribution in [0.1, 0.15) is 29.8 Å². The summed E-state index contributed by atoms with van der Waals surface area (Å²) in [4.78, 5) is 3.52. The van der Waals surface area contributed by atoms with Gasteiger partial charge in [0.1, 0.15) is 6.10 Å². The van der Waals surface area contributed by atoms with Gasteiger partial charge in [-0.05, 0) is 36.6 Å². The molecular formula is C15H20N2O. The first-order valence-electron chi connectivity index (χ1n) is 6.73. The third-order valence-electron chi connectivity index (χ3n) is 3.82. The van der Waals surface area contributed by atoms with Crippen LogP contribution in [-0.2, 0) is 11.2 Å². The van der Waals surface area contributed by atoms with Gasteiger partial charge in [-0.15, -0.1) is 0 Å². The lowest BCUT2D eigenvalue weighted by molar-refractivity contribution is 0.0251. The van der Waals surface area contributed by atoms with Crippen molar-refractivity contribution in [3.63, 3.8) is 0 Å². The van der Waals surface area contributed by atoms with Gasteiger partial charge >= 0.3 is 0 Å². The Balaban J connectivity index is 2.04. The number of aromatic nitrogens is 1. The lowest BCUT2D eigenvalue weighted by Crippen LogP contribution is -2.33. The molecule has 1 atom stereocenters. The first-order chi connectivity index (χ1) is 8.79. The molecule has 2 aromatic rings. The maximum atomic E-state index is 5.84. The lowest BCUT2D eigenvalue weighted by atomic mass is 10.1. The minimum Gasteiger partial charge on any atom is -0.369 e. The standard InChI is InChI=1S/C15H20N2O/c1-3-11-4-5-13-12(8-11)10(2)15(17-13)14-9-16-6-7-18-14/h4-5,8,14,16-17H,3,6-7,9H2,1-2H3. The molecule has 1 aromatic heterocycles. The number of morpholine rings is 1. The van der Waals surface area contributed by atoms with E-state index in [1.807, 2.05) is 0 Å². The lowest BCUT2D eigenvalue weighted by Gasteiger charge is -2.23. The van der Waals surface area contributed by atoms with Gasteiger partial charge < -0.3 is 15.0 Å². The molecule has 2 heterocycles. The maximum Gasteiger partial charge on any atom is 0.110 e. The van der Waals surface area contributed by atoms with E-state index in [-0.39, 0.29) is 6.10 Å². The molecule has 1 aromatic carbocycles. The molecule has 0 saturated carbocycles. The zero-order chi connectivity index (χ0) is 12.5. The molecule has 96 valence electrons. The van der Waals surface area contributed by atoms with Crippen LogP contribution in [0, 0.1) is 6.92 Å². The number of fused-ring (bicyclic) bond motifs is 1. The summed E-state index contributed by atoms with van der Waals surface area (Å²) in [5.41, 5.74) is 5.16. The second kappa shape index (κ2) is 4.75. The van der Waals surface area contributed by atoms with E-state index in [4.69, 9.17) is 4.74 Å². The average Bonchev–Trinajstić information content (AvgIpc) is 2.77. The Morgan fingerprint density at radius 2 is 2.28 bits per heavy atom. The molecule has 1 saturated heterocycles. The summed E-state index contributed by atoms with van der Waals surface area (Å²) in [6, 6.07) is 6.67. The summed E-state index contributed by atoms with van der Waals surface area (Å²) in [6.45, 7) is 7.02. The SMILES string of the molecule is CCc1ccc2[nH]c(C3CNCCO3)c(C)c2c1. The molecule has 0 bridgehead atoms. The summed E-state index contributed by atoms with van der Waals surface area (Å²) in [5.74, 6) is 0.